The van der Waals surface area contributed by atoms with Crippen molar-refractivity contribution in [3.8, 4) is 34.5 Å². The van der Waals surface area contributed by atoms with Crippen molar-refractivity contribution in [1.29, 1.82) is 0 Å². The summed E-state index contributed by atoms with van der Waals surface area (Å²) >= 11 is 0. The molecule has 1 aromatic heterocycles. The highest BCUT2D eigenvalue weighted by atomic mass is 32.2. The van der Waals surface area contributed by atoms with Crippen LogP contribution in [0.4, 0.5) is 4.39 Å². The highest BCUT2D eigenvalue weighted by molar-refractivity contribution is 7.85. The van der Waals surface area contributed by atoms with Gasteiger partial charge in [-0.25, -0.2) is 4.39 Å². The predicted molar refractivity (Wildman–Crippen MR) is 198 cm³/mol. The van der Waals surface area contributed by atoms with E-state index in [2.05, 4.69) is 16.0 Å². The zero-order valence-electron chi connectivity index (χ0n) is 29.6. The Bertz CT molecular complexity index is 2230. The normalized spacial score (nSPS) is 18.1. The number of H-pyrrole nitrogens is 1. The number of ether oxygens (including phenoxy) is 6. The second-order valence-electron chi connectivity index (χ2n) is 13.1. The second kappa shape index (κ2) is 15.4. The van der Waals surface area contributed by atoms with Crippen LogP contribution in [0.2, 0.25) is 0 Å². The molecule has 278 valence electrons. The molecule has 3 aliphatic heterocycles. The lowest BCUT2D eigenvalue weighted by Crippen LogP contribution is -2.42. The number of fused-ring (bicyclic) bond motifs is 3. The van der Waals surface area contributed by atoms with E-state index in [9.17, 15) is 17.4 Å². The highest BCUT2D eigenvalue weighted by Gasteiger charge is 2.28. The second-order valence-corrected chi connectivity index (χ2v) is 14.5. The first-order chi connectivity index (χ1) is 25.6. The van der Waals surface area contributed by atoms with Gasteiger partial charge in [0.15, 0.2) is 23.0 Å². The largest absolute Gasteiger partial charge is 0.493 e. The standard InChI is InChI=1S/C23H23FN2O3.C17H18O6S/c1-27-21-3-2-4-22-23(21)29-17(14-28-22)13-26-9-7-15(8-10-26)19-12-25-20-6-5-16(24)11-18(19)20;1-11-6-7-16(24(18,19)20)12(8-11)9-13-10-22-15-5-3-4-14(21-2)17(15)23-13/h2-7,11-12,17,25H,8-10,13-14H2,1H3;3-8,13H,9-10H2,1-2H3,(H,18,19,20)/t;13-/m.1/s1. The molecular weight excluding hydrogens is 704 g/mol. The fourth-order valence-corrected chi connectivity index (χ4v) is 7.58. The Hall–Kier alpha value is -5.24. The van der Waals surface area contributed by atoms with Crippen molar-refractivity contribution in [1.82, 2.24) is 9.88 Å². The lowest BCUT2D eigenvalue weighted by molar-refractivity contribution is 0.0586. The summed E-state index contributed by atoms with van der Waals surface area (Å²) in [6, 6.07) is 20.7. The summed E-state index contributed by atoms with van der Waals surface area (Å²) in [5.74, 6) is 3.54. The number of hydrogen-bond donors (Lipinski definition) is 2. The molecule has 2 N–H and O–H groups in total. The molecule has 0 bridgehead atoms. The summed E-state index contributed by atoms with van der Waals surface area (Å²) in [7, 11) is -1.12. The lowest BCUT2D eigenvalue weighted by Gasteiger charge is -2.33. The summed E-state index contributed by atoms with van der Waals surface area (Å²) < 4.78 is 80.5. The van der Waals surface area contributed by atoms with Crippen LogP contribution in [0.15, 0.2) is 90.0 Å². The van der Waals surface area contributed by atoms with E-state index >= 15 is 0 Å². The van der Waals surface area contributed by atoms with Gasteiger partial charge in [-0.1, -0.05) is 35.9 Å². The highest BCUT2D eigenvalue weighted by Crippen LogP contribution is 2.42. The smallest absolute Gasteiger partial charge is 0.294 e. The lowest BCUT2D eigenvalue weighted by atomic mass is 9.98. The third-order valence-corrected chi connectivity index (χ3v) is 10.4. The number of rotatable bonds is 8. The molecule has 2 atom stereocenters. The van der Waals surface area contributed by atoms with Crippen LogP contribution in [0.1, 0.15) is 23.1 Å². The number of benzene rings is 4. The van der Waals surface area contributed by atoms with Gasteiger partial charge in [-0.05, 0) is 73.0 Å². The maximum Gasteiger partial charge on any atom is 0.294 e. The van der Waals surface area contributed by atoms with E-state index in [1.807, 2.05) is 31.3 Å². The molecule has 53 heavy (non-hydrogen) atoms. The molecule has 3 aliphatic rings. The minimum atomic E-state index is -4.30. The van der Waals surface area contributed by atoms with Gasteiger partial charge < -0.3 is 33.4 Å². The Balaban J connectivity index is 0.000000168. The molecule has 0 amide bonds. The SMILES string of the molecule is COc1cccc2c1OC(CN1CC=C(c3c[nH]c4ccc(F)cc34)CC1)CO2.COc1cccc2c1O[C@H](Cc1cc(C)ccc1S(=O)(=O)O)CO2. The van der Waals surface area contributed by atoms with Crippen molar-refractivity contribution in [2.24, 2.45) is 0 Å². The molecule has 13 heteroatoms. The first-order valence-electron chi connectivity index (χ1n) is 17.3. The molecule has 8 rings (SSSR count). The average molecular weight is 745 g/mol. The van der Waals surface area contributed by atoms with E-state index in [1.165, 1.54) is 17.7 Å². The van der Waals surface area contributed by atoms with Crippen LogP contribution in [0.3, 0.4) is 0 Å². The number of halogens is 1. The fourth-order valence-electron chi connectivity index (χ4n) is 6.86. The van der Waals surface area contributed by atoms with E-state index in [0.29, 0.717) is 40.9 Å². The van der Waals surface area contributed by atoms with Crippen LogP contribution in [0.5, 0.6) is 34.5 Å². The predicted octanol–water partition coefficient (Wildman–Crippen LogP) is 6.88. The quantitative estimate of drug-likeness (QED) is 0.162. The molecule has 1 unspecified atom stereocenters. The van der Waals surface area contributed by atoms with Gasteiger partial charge in [-0.15, -0.1) is 0 Å². The maximum atomic E-state index is 13.7. The van der Waals surface area contributed by atoms with Crippen LogP contribution in [0, 0.1) is 12.7 Å². The van der Waals surface area contributed by atoms with Crippen molar-refractivity contribution in [3.63, 3.8) is 0 Å². The topological polar surface area (TPSA) is 129 Å². The summed E-state index contributed by atoms with van der Waals surface area (Å²) in [5.41, 5.74) is 4.70. The van der Waals surface area contributed by atoms with Gasteiger partial charge >= 0.3 is 0 Å². The first kappa shape index (κ1) is 36.1. The number of hydrogen-bond acceptors (Lipinski definition) is 9. The number of aromatic nitrogens is 1. The van der Waals surface area contributed by atoms with E-state index in [-0.39, 0.29) is 29.8 Å². The number of nitrogens with zero attached hydrogens (tertiary/aromatic N) is 1. The Morgan fingerprint density at radius 1 is 0.906 bits per heavy atom. The Labute approximate surface area is 307 Å². The van der Waals surface area contributed by atoms with Gasteiger partial charge in [0.2, 0.25) is 11.5 Å². The number of nitrogens with one attached hydrogen (secondary N) is 1. The molecule has 0 spiro atoms. The van der Waals surface area contributed by atoms with Crippen molar-refractivity contribution in [3.05, 3.63) is 108 Å². The summed E-state index contributed by atoms with van der Waals surface area (Å²) in [6.07, 6.45) is 4.97. The zero-order chi connectivity index (χ0) is 37.1. The summed E-state index contributed by atoms with van der Waals surface area (Å²) in [6.45, 7) is 5.19. The number of para-hydroxylation sites is 2. The molecule has 11 nitrogen and oxygen atoms in total. The van der Waals surface area contributed by atoms with Crippen molar-refractivity contribution < 1.29 is 45.8 Å². The van der Waals surface area contributed by atoms with Crippen LogP contribution >= 0.6 is 0 Å². The molecule has 0 radical (unpaired) electrons. The molecule has 0 saturated heterocycles. The monoisotopic (exact) mass is 744 g/mol. The van der Waals surface area contributed by atoms with Gasteiger partial charge in [-0.2, -0.15) is 8.42 Å². The molecular formula is C40H41FN2O9S. The van der Waals surface area contributed by atoms with Gasteiger partial charge in [0.25, 0.3) is 10.1 Å². The van der Waals surface area contributed by atoms with Crippen LogP contribution in [0.25, 0.3) is 16.5 Å². The third kappa shape index (κ3) is 8.07. The minimum absolute atomic E-state index is 0.0454. The Morgan fingerprint density at radius 3 is 2.23 bits per heavy atom. The average Bonchev–Trinajstić information content (AvgIpc) is 3.57. The van der Waals surface area contributed by atoms with E-state index in [0.717, 1.165) is 53.8 Å². The number of aryl methyl sites for hydroxylation is 1. The van der Waals surface area contributed by atoms with Gasteiger partial charge in [0.1, 0.15) is 31.2 Å². The van der Waals surface area contributed by atoms with E-state index in [1.54, 1.807) is 56.7 Å². The molecule has 5 aromatic rings. The van der Waals surface area contributed by atoms with Crippen LogP contribution in [-0.4, -0.2) is 82.1 Å². The Morgan fingerprint density at radius 2 is 1.58 bits per heavy atom. The van der Waals surface area contributed by atoms with E-state index < -0.39 is 16.2 Å². The van der Waals surface area contributed by atoms with Crippen molar-refractivity contribution >= 4 is 26.6 Å². The molecule has 0 fully saturated rings. The van der Waals surface area contributed by atoms with Crippen LogP contribution in [-0.2, 0) is 16.5 Å². The van der Waals surface area contributed by atoms with Crippen LogP contribution < -0.4 is 28.4 Å². The molecule has 4 aromatic carbocycles. The first-order valence-corrected chi connectivity index (χ1v) is 18.7. The third-order valence-electron chi connectivity index (χ3n) is 9.43. The van der Waals surface area contributed by atoms with Gasteiger partial charge in [0, 0.05) is 48.7 Å². The number of aromatic amines is 1. The van der Waals surface area contributed by atoms with E-state index in [4.69, 9.17) is 28.4 Å². The summed E-state index contributed by atoms with van der Waals surface area (Å²) in [4.78, 5) is 5.49. The molecule has 4 heterocycles. The van der Waals surface area contributed by atoms with Gasteiger partial charge in [0.05, 0.1) is 19.1 Å². The zero-order valence-corrected chi connectivity index (χ0v) is 30.5. The maximum absolute atomic E-state index is 13.7. The van der Waals surface area contributed by atoms with Crippen molar-refractivity contribution in [2.75, 3.05) is 47.1 Å². The Kier molecular flexibility index (Phi) is 10.5. The molecule has 0 saturated carbocycles. The number of methoxy groups -OCH3 is 2. The summed E-state index contributed by atoms with van der Waals surface area (Å²) in [5, 5.41) is 0.942. The molecule has 0 aliphatic carbocycles. The minimum Gasteiger partial charge on any atom is -0.493 e. The fraction of sp³-hybridized carbons (Fsp3) is 0.300. The van der Waals surface area contributed by atoms with Crippen molar-refractivity contribution in [2.45, 2.75) is 36.9 Å². The van der Waals surface area contributed by atoms with Gasteiger partial charge in [-0.3, -0.25) is 9.45 Å².